The molecule has 0 saturated carbocycles. The molecule has 0 N–H and O–H groups in total. The van der Waals surface area contributed by atoms with E-state index in [1.54, 1.807) is 0 Å². The molecule has 0 fully saturated rings. The Hall–Kier alpha value is -1.12. The van der Waals surface area contributed by atoms with Gasteiger partial charge in [-0.25, -0.2) is 0 Å². The summed E-state index contributed by atoms with van der Waals surface area (Å²) >= 11 is 9.48. The maximum absolute atomic E-state index is 4.78. The van der Waals surface area contributed by atoms with E-state index < -0.39 is 0 Å². The Morgan fingerprint density at radius 2 is 1.32 bits per heavy atom. The van der Waals surface area contributed by atoms with Crippen LogP contribution in [0.15, 0.2) is 42.5 Å². The Morgan fingerprint density at radius 1 is 0.818 bits per heavy atom. The van der Waals surface area contributed by atoms with Crippen LogP contribution in [0.5, 0.6) is 0 Å². The molecule has 0 atom stereocenters. The lowest BCUT2D eigenvalue weighted by Gasteiger charge is -2.23. The zero-order chi connectivity index (χ0) is 16.5. The van der Waals surface area contributed by atoms with Gasteiger partial charge in [0.25, 0.3) is 0 Å². The first-order valence-corrected chi connectivity index (χ1v) is 8.41. The predicted molar refractivity (Wildman–Crippen MR) is 106 cm³/mol. The SMILES string of the molecule is Cc1cc(C(C)(C)C)cc(C)c1/C(S)=C(/S)c1ccccc1. The van der Waals surface area contributed by atoms with Crippen molar-refractivity contribution in [2.45, 2.75) is 40.0 Å². The lowest BCUT2D eigenvalue weighted by atomic mass is 9.83. The van der Waals surface area contributed by atoms with Gasteiger partial charge in [0.15, 0.2) is 0 Å². The minimum Gasteiger partial charge on any atom is -0.142 e. The average Bonchev–Trinajstić information content (AvgIpc) is 2.45. The first-order valence-electron chi connectivity index (χ1n) is 7.51. The van der Waals surface area contributed by atoms with Crippen LogP contribution in [0.3, 0.4) is 0 Å². The van der Waals surface area contributed by atoms with Gasteiger partial charge in [-0.1, -0.05) is 63.2 Å². The number of hydrogen-bond donors (Lipinski definition) is 2. The molecule has 0 aromatic heterocycles. The van der Waals surface area contributed by atoms with Crippen LogP contribution in [-0.4, -0.2) is 0 Å². The van der Waals surface area contributed by atoms with Gasteiger partial charge < -0.3 is 0 Å². The van der Waals surface area contributed by atoms with Crippen molar-refractivity contribution < 1.29 is 0 Å². The van der Waals surface area contributed by atoms with Gasteiger partial charge in [-0.15, -0.1) is 25.3 Å². The second kappa shape index (κ2) is 6.55. The molecule has 2 heteroatoms. The molecule has 0 aliphatic heterocycles. The third-order valence-electron chi connectivity index (χ3n) is 3.91. The lowest BCUT2D eigenvalue weighted by Crippen LogP contribution is -2.12. The van der Waals surface area contributed by atoms with Gasteiger partial charge in [0.05, 0.1) is 0 Å². The third-order valence-corrected chi connectivity index (χ3v) is 5.01. The van der Waals surface area contributed by atoms with Crippen molar-refractivity contribution in [3.63, 3.8) is 0 Å². The van der Waals surface area contributed by atoms with Crippen molar-refractivity contribution in [2.75, 3.05) is 0 Å². The predicted octanol–water partition coefficient (Wildman–Crippen LogP) is 6.29. The van der Waals surface area contributed by atoms with Crippen LogP contribution >= 0.6 is 25.3 Å². The van der Waals surface area contributed by atoms with Crippen molar-refractivity contribution in [3.8, 4) is 0 Å². The van der Waals surface area contributed by atoms with Crippen molar-refractivity contribution in [2.24, 2.45) is 0 Å². The fourth-order valence-corrected chi connectivity index (χ4v) is 3.36. The molecule has 0 bridgehead atoms. The maximum atomic E-state index is 4.78. The summed E-state index contributed by atoms with van der Waals surface area (Å²) in [6.45, 7) is 11.0. The fraction of sp³-hybridized carbons (Fsp3) is 0.300. The summed E-state index contributed by atoms with van der Waals surface area (Å²) in [5.41, 5.74) is 6.28. The Kier molecular flexibility index (Phi) is 5.14. The van der Waals surface area contributed by atoms with E-state index in [4.69, 9.17) is 25.3 Å². The summed E-state index contributed by atoms with van der Waals surface area (Å²) in [5, 5.41) is 0. The van der Waals surface area contributed by atoms with E-state index in [1.165, 1.54) is 22.3 Å². The Balaban J connectivity index is 2.58. The van der Waals surface area contributed by atoms with E-state index in [1.807, 2.05) is 18.2 Å². The molecule has 0 aliphatic carbocycles. The third kappa shape index (κ3) is 3.61. The molecule has 0 spiro atoms. The van der Waals surface area contributed by atoms with Gasteiger partial charge in [-0.05, 0) is 47.1 Å². The summed E-state index contributed by atoms with van der Waals surface area (Å²) in [7, 11) is 0. The number of hydrogen-bond acceptors (Lipinski definition) is 2. The Labute approximate surface area is 145 Å². The van der Waals surface area contributed by atoms with E-state index in [2.05, 4.69) is 58.9 Å². The molecule has 116 valence electrons. The van der Waals surface area contributed by atoms with Crippen LogP contribution in [-0.2, 0) is 5.41 Å². The van der Waals surface area contributed by atoms with Crippen LogP contribution in [0.25, 0.3) is 9.81 Å². The van der Waals surface area contributed by atoms with Crippen LogP contribution in [0.2, 0.25) is 0 Å². The molecule has 2 aromatic rings. The van der Waals surface area contributed by atoms with Crippen molar-refractivity contribution in [1.82, 2.24) is 0 Å². The maximum Gasteiger partial charge on any atom is 0.0258 e. The quantitative estimate of drug-likeness (QED) is 0.470. The minimum atomic E-state index is 0.151. The van der Waals surface area contributed by atoms with E-state index in [0.717, 1.165) is 15.4 Å². The molecule has 0 aliphatic rings. The second-order valence-electron chi connectivity index (χ2n) is 6.80. The normalized spacial score (nSPS) is 13.0. The monoisotopic (exact) mass is 328 g/mol. The number of thiol groups is 2. The van der Waals surface area contributed by atoms with E-state index in [0.29, 0.717) is 0 Å². The van der Waals surface area contributed by atoms with Crippen LogP contribution in [0, 0.1) is 13.8 Å². The molecular formula is C20H24S2. The number of rotatable bonds is 2. The van der Waals surface area contributed by atoms with E-state index in [-0.39, 0.29) is 5.41 Å². The standard InChI is InChI=1S/C20H24S2/c1-13-11-16(20(3,4)5)12-14(2)17(13)19(22)18(21)15-9-7-6-8-10-15/h6-12,21-22H,1-5H3/b19-18-. The summed E-state index contributed by atoms with van der Waals surface area (Å²) in [6, 6.07) is 14.7. The summed E-state index contributed by atoms with van der Waals surface area (Å²) in [4.78, 5) is 1.85. The van der Waals surface area contributed by atoms with Gasteiger partial charge in [0.1, 0.15) is 0 Å². The summed E-state index contributed by atoms with van der Waals surface area (Å²) in [6.07, 6.45) is 0. The number of aryl methyl sites for hydroxylation is 2. The van der Waals surface area contributed by atoms with E-state index in [9.17, 15) is 0 Å². The highest BCUT2D eigenvalue weighted by atomic mass is 32.1. The average molecular weight is 329 g/mol. The zero-order valence-corrected chi connectivity index (χ0v) is 15.7. The highest BCUT2D eigenvalue weighted by molar-refractivity contribution is 7.96. The first kappa shape index (κ1) is 17.2. The molecule has 22 heavy (non-hydrogen) atoms. The molecule has 2 rings (SSSR count). The van der Waals surface area contributed by atoms with Gasteiger partial charge in [-0.3, -0.25) is 0 Å². The Bertz CT molecular complexity index is 681. The molecule has 0 radical (unpaired) electrons. The highest BCUT2D eigenvalue weighted by Crippen LogP contribution is 2.37. The highest BCUT2D eigenvalue weighted by Gasteiger charge is 2.18. The Morgan fingerprint density at radius 3 is 1.77 bits per heavy atom. The lowest BCUT2D eigenvalue weighted by molar-refractivity contribution is 0.589. The van der Waals surface area contributed by atoms with Gasteiger partial charge >= 0.3 is 0 Å². The van der Waals surface area contributed by atoms with Gasteiger partial charge in [-0.2, -0.15) is 0 Å². The molecular weight excluding hydrogens is 304 g/mol. The minimum absolute atomic E-state index is 0.151. The molecule has 0 nitrogen and oxygen atoms in total. The second-order valence-corrected chi connectivity index (χ2v) is 7.69. The van der Waals surface area contributed by atoms with Crippen molar-refractivity contribution in [1.29, 1.82) is 0 Å². The summed E-state index contributed by atoms with van der Waals surface area (Å²) in [5.74, 6) is 0. The molecule has 0 saturated heterocycles. The van der Waals surface area contributed by atoms with Gasteiger partial charge in [0, 0.05) is 9.81 Å². The number of benzene rings is 2. The molecule has 2 aromatic carbocycles. The van der Waals surface area contributed by atoms with E-state index >= 15 is 0 Å². The molecule has 0 unspecified atom stereocenters. The van der Waals surface area contributed by atoms with Crippen LogP contribution < -0.4 is 0 Å². The fourth-order valence-electron chi connectivity index (χ4n) is 2.62. The van der Waals surface area contributed by atoms with Gasteiger partial charge in [0.2, 0.25) is 0 Å². The molecule has 0 amide bonds. The summed E-state index contributed by atoms with van der Waals surface area (Å²) < 4.78 is 0. The largest absolute Gasteiger partial charge is 0.142 e. The van der Waals surface area contributed by atoms with Crippen LogP contribution in [0.1, 0.15) is 48.6 Å². The molecule has 0 heterocycles. The topological polar surface area (TPSA) is 0 Å². The zero-order valence-electron chi connectivity index (χ0n) is 13.9. The van der Waals surface area contributed by atoms with Crippen LogP contribution in [0.4, 0.5) is 0 Å². The smallest absolute Gasteiger partial charge is 0.0258 e. The van der Waals surface area contributed by atoms with Crippen molar-refractivity contribution >= 4 is 35.1 Å². The first-order chi connectivity index (χ1) is 10.2. The van der Waals surface area contributed by atoms with Crippen molar-refractivity contribution in [3.05, 3.63) is 70.3 Å².